The molecule has 1 amide bonds. The highest BCUT2D eigenvalue weighted by molar-refractivity contribution is 7.88. The fourth-order valence-corrected chi connectivity index (χ4v) is 3.70. The summed E-state index contributed by atoms with van der Waals surface area (Å²) in [6.45, 7) is 0.908. The zero-order valence-electron chi connectivity index (χ0n) is 11.6. The summed E-state index contributed by atoms with van der Waals surface area (Å²) in [6.07, 6.45) is 3.90. The molecule has 1 saturated heterocycles. The number of carbonyl (C=O) groups excluding carboxylic acids is 1. The van der Waals surface area contributed by atoms with E-state index in [9.17, 15) is 13.2 Å². The number of carbonyl (C=O) groups is 1. The second kappa shape index (κ2) is 6.37. The van der Waals surface area contributed by atoms with Crippen LogP contribution in [0, 0.1) is 0 Å². The Morgan fingerprint density at radius 2 is 2.00 bits per heavy atom. The van der Waals surface area contributed by atoms with Crippen LogP contribution < -0.4 is 5.32 Å². The number of benzene rings is 1. The van der Waals surface area contributed by atoms with Gasteiger partial charge in [-0.25, -0.2) is 8.42 Å². The van der Waals surface area contributed by atoms with E-state index in [-0.39, 0.29) is 11.9 Å². The average Bonchev–Trinajstić information content (AvgIpc) is 2.45. The van der Waals surface area contributed by atoms with Crippen molar-refractivity contribution in [2.45, 2.75) is 25.3 Å². The lowest BCUT2D eigenvalue weighted by atomic mass is 10.0. The third kappa shape index (κ3) is 3.80. The Morgan fingerprint density at radius 1 is 1.30 bits per heavy atom. The maximum absolute atomic E-state index is 12.0. The maximum atomic E-state index is 12.0. The molecular formula is C14H20N2O3S. The predicted molar refractivity (Wildman–Crippen MR) is 78.0 cm³/mol. The van der Waals surface area contributed by atoms with Gasteiger partial charge in [-0.1, -0.05) is 24.6 Å². The topological polar surface area (TPSA) is 66.5 Å². The molecule has 1 atom stereocenters. The molecule has 20 heavy (non-hydrogen) atoms. The first kappa shape index (κ1) is 15.0. The zero-order chi connectivity index (χ0) is 14.6. The fourth-order valence-electron chi connectivity index (χ4n) is 2.52. The smallest absolute Gasteiger partial charge is 0.251 e. The molecule has 1 N–H and O–H groups in total. The molecule has 1 aromatic carbocycles. The van der Waals surface area contributed by atoms with Crippen molar-refractivity contribution in [1.29, 1.82) is 0 Å². The van der Waals surface area contributed by atoms with E-state index in [1.807, 2.05) is 6.07 Å². The number of piperidine rings is 1. The largest absolute Gasteiger partial charge is 0.350 e. The van der Waals surface area contributed by atoms with E-state index >= 15 is 0 Å². The maximum Gasteiger partial charge on any atom is 0.251 e. The summed E-state index contributed by atoms with van der Waals surface area (Å²) in [6, 6.07) is 8.81. The number of nitrogens with zero attached hydrogens (tertiary/aromatic N) is 1. The normalized spacial score (nSPS) is 20.6. The number of hydrogen-bond acceptors (Lipinski definition) is 3. The van der Waals surface area contributed by atoms with E-state index in [4.69, 9.17) is 0 Å². The summed E-state index contributed by atoms with van der Waals surface area (Å²) in [7, 11) is -3.21. The predicted octanol–water partition coefficient (Wildman–Crippen LogP) is 1.23. The molecule has 1 aliphatic rings. The van der Waals surface area contributed by atoms with E-state index in [1.165, 1.54) is 10.6 Å². The van der Waals surface area contributed by atoms with Crippen molar-refractivity contribution in [1.82, 2.24) is 9.62 Å². The zero-order valence-corrected chi connectivity index (χ0v) is 12.4. The van der Waals surface area contributed by atoms with Crippen LogP contribution >= 0.6 is 0 Å². The van der Waals surface area contributed by atoms with Gasteiger partial charge in [-0.2, -0.15) is 4.31 Å². The van der Waals surface area contributed by atoms with Crippen molar-refractivity contribution in [2.75, 3.05) is 19.3 Å². The van der Waals surface area contributed by atoms with Crippen LogP contribution in [0.1, 0.15) is 29.6 Å². The van der Waals surface area contributed by atoms with E-state index in [0.29, 0.717) is 18.7 Å². The molecule has 0 aliphatic carbocycles. The molecule has 0 radical (unpaired) electrons. The summed E-state index contributed by atoms with van der Waals surface area (Å²) >= 11 is 0. The van der Waals surface area contributed by atoms with Gasteiger partial charge in [-0.15, -0.1) is 0 Å². The van der Waals surface area contributed by atoms with Crippen LogP contribution in [-0.2, 0) is 10.0 Å². The minimum atomic E-state index is -3.21. The van der Waals surface area contributed by atoms with Gasteiger partial charge in [0.1, 0.15) is 0 Å². The third-order valence-corrected chi connectivity index (χ3v) is 4.87. The van der Waals surface area contributed by atoms with Crippen LogP contribution in [0.4, 0.5) is 0 Å². The van der Waals surface area contributed by atoms with Crippen molar-refractivity contribution in [3.05, 3.63) is 35.9 Å². The lowest BCUT2D eigenvalue weighted by Gasteiger charge is -2.33. The summed E-state index contributed by atoms with van der Waals surface area (Å²) in [5.74, 6) is -0.162. The number of amides is 1. The SMILES string of the molecule is CS(=O)(=O)N1CCCC[C@H]1CNC(=O)c1ccccc1. The highest BCUT2D eigenvalue weighted by atomic mass is 32.2. The average molecular weight is 296 g/mol. The minimum Gasteiger partial charge on any atom is -0.350 e. The van der Waals surface area contributed by atoms with Gasteiger partial charge in [-0.3, -0.25) is 4.79 Å². The van der Waals surface area contributed by atoms with Gasteiger partial charge in [0.05, 0.1) is 6.26 Å². The second-order valence-electron chi connectivity index (χ2n) is 5.10. The minimum absolute atomic E-state index is 0.133. The van der Waals surface area contributed by atoms with Crippen molar-refractivity contribution < 1.29 is 13.2 Å². The van der Waals surface area contributed by atoms with Gasteiger partial charge >= 0.3 is 0 Å². The highest BCUT2D eigenvalue weighted by Gasteiger charge is 2.29. The fraction of sp³-hybridized carbons (Fsp3) is 0.500. The van der Waals surface area contributed by atoms with Crippen LogP contribution in [0.5, 0.6) is 0 Å². The Hall–Kier alpha value is -1.40. The van der Waals surface area contributed by atoms with Gasteiger partial charge in [0.25, 0.3) is 5.91 Å². The molecule has 1 aliphatic heterocycles. The van der Waals surface area contributed by atoms with Crippen molar-refractivity contribution in [3.63, 3.8) is 0 Å². The highest BCUT2D eigenvalue weighted by Crippen LogP contribution is 2.19. The van der Waals surface area contributed by atoms with E-state index < -0.39 is 10.0 Å². The van der Waals surface area contributed by atoms with Crippen LogP contribution in [0.15, 0.2) is 30.3 Å². The van der Waals surface area contributed by atoms with Crippen molar-refractivity contribution >= 4 is 15.9 Å². The van der Waals surface area contributed by atoms with Gasteiger partial charge in [0.2, 0.25) is 10.0 Å². The first-order chi connectivity index (χ1) is 9.48. The molecule has 0 unspecified atom stereocenters. The summed E-state index contributed by atoms with van der Waals surface area (Å²) in [5, 5.41) is 2.83. The van der Waals surface area contributed by atoms with Crippen LogP contribution in [0.25, 0.3) is 0 Å². The molecule has 5 nitrogen and oxygen atoms in total. The Kier molecular flexibility index (Phi) is 4.77. The Balaban J connectivity index is 1.97. The molecule has 1 fully saturated rings. The molecule has 0 bridgehead atoms. The first-order valence-corrected chi connectivity index (χ1v) is 8.63. The van der Waals surface area contributed by atoms with Crippen LogP contribution in [-0.4, -0.2) is 44.0 Å². The van der Waals surface area contributed by atoms with E-state index in [1.54, 1.807) is 24.3 Å². The van der Waals surface area contributed by atoms with Crippen molar-refractivity contribution in [2.24, 2.45) is 0 Å². The molecule has 0 spiro atoms. The number of hydrogen-bond donors (Lipinski definition) is 1. The molecule has 6 heteroatoms. The van der Waals surface area contributed by atoms with Crippen LogP contribution in [0.2, 0.25) is 0 Å². The molecule has 110 valence electrons. The first-order valence-electron chi connectivity index (χ1n) is 6.78. The molecular weight excluding hydrogens is 276 g/mol. The summed E-state index contributed by atoms with van der Waals surface area (Å²) in [5.41, 5.74) is 0.592. The lowest BCUT2D eigenvalue weighted by molar-refractivity contribution is 0.0939. The van der Waals surface area contributed by atoms with Crippen LogP contribution in [0.3, 0.4) is 0 Å². The number of rotatable bonds is 4. The van der Waals surface area contributed by atoms with Gasteiger partial charge in [-0.05, 0) is 25.0 Å². The molecule has 0 aromatic heterocycles. The van der Waals surface area contributed by atoms with Crippen molar-refractivity contribution in [3.8, 4) is 0 Å². The third-order valence-electron chi connectivity index (χ3n) is 3.53. The summed E-state index contributed by atoms with van der Waals surface area (Å²) in [4.78, 5) is 12.0. The van der Waals surface area contributed by atoms with E-state index in [2.05, 4.69) is 5.32 Å². The Bertz CT molecular complexity index is 557. The van der Waals surface area contributed by atoms with Gasteiger partial charge < -0.3 is 5.32 Å². The molecule has 1 aromatic rings. The molecule has 1 heterocycles. The standard InChI is InChI=1S/C14H20N2O3S/c1-20(18,19)16-10-6-5-9-13(16)11-15-14(17)12-7-3-2-4-8-12/h2-4,7-8,13H,5-6,9-11H2,1H3,(H,15,17)/t13-/m0/s1. The lowest BCUT2D eigenvalue weighted by Crippen LogP contribution is -2.48. The van der Waals surface area contributed by atoms with Gasteiger partial charge in [0, 0.05) is 24.7 Å². The van der Waals surface area contributed by atoms with E-state index in [0.717, 1.165) is 19.3 Å². The second-order valence-corrected chi connectivity index (χ2v) is 7.03. The molecule has 0 saturated carbocycles. The number of nitrogens with one attached hydrogen (secondary N) is 1. The summed E-state index contributed by atoms with van der Waals surface area (Å²) < 4.78 is 25.0. The Morgan fingerprint density at radius 3 is 2.65 bits per heavy atom. The van der Waals surface area contributed by atoms with Gasteiger partial charge in [0.15, 0.2) is 0 Å². The molecule has 2 rings (SSSR count). The monoisotopic (exact) mass is 296 g/mol. The Labute approximate surface area is 120 Å². The number of sulfonamides is 1. The quantitative estimate of drug-likeness (QED) is 0.909.